The fourth-order valence-electron chi connectivity index (χ4n) is 2.32. The highest BCUT2D eigenvalue weighted by Gasteiger charge is 2.33. The number of hydrogen-bond donors (Lipinski definition) is 0. The number of sulfonamides is 1. The first kappa shape index (κ1) is 15.6. The van der Waals surface area contributed by atoms with Crippen molar-refractivity contribution in [3.63, 3.8) is 0 Å². The van der Waals surface area contributed by atoms with Crippen LogP contribution in [-0.2, 0) is 10.0 Å². The van der Waals surface area contributed by atoms with Gasteiger partial charge in [0.25, 0.3) is 10.0 Å². The molecule has 0 saturated carbocycles. The third kappa shape index (κ3) is 3.09. The van der Waals surface area contributed by atoms with E-state index in [4.69, 9.17) is 0 Å². The summed E-state index contributed by atoms with van der Waals surface area (Å²) in [5.41, 5.74) is 1.05. The lowest BCUT2D eigenvalue weighted by atomic mass is 10.1. The Labute approximate surface area is 134 Å². The first-order chi connectivity index (χ1) is 9.46. The minimum Gasteiger partial charge on any atom is -0.258 e. The van der Waals surface area contributed by atoms with E-state index in [0.29, 0.717) is 11.3 Å². The van der Waals surface area contributed by atoms with Crippen LogP contribution >= 0.6 is 22.6 Å². The standard InChI is InChI=1S/C15H18INO2S/c1-3-5-13-6-4-7-15(16)17(13)20(18,19)14-10-8-12(2)9-11-14/h3,7-11,13H,1,4-6H2,2H3/t13-/m0/s1. The van der Waals surface area contributed by atoms with Gasteiger partial charge >= 0.3 is 0 Å². The van der Waals surface area contributed by atoms with Gasteiger partial charge in [0.05, 0.1) is 8.60 Å². The van der Waals surface area contributed by atoms with Crippen LogP contribution < -0.4 is 0 Å². The Morgan fingerprint density at radius 2 is 2.05 bits per heavy atom. The van der Waals surface area contributed by atoms with Crippen molar-refractivity contribution in [3.8, 4) is 0 Å². The SMILES string of the molecule is C=CC[C@H]1CCC=C(I)N1S(=O)(=O)c1ccc(C)cc1. The van der Waals surface area contributed by atoms with Gasteiger partial charge in [0.2, 0.25) is 0 Å². The third-order valence-corrected chi connectivity index (χ3v) is 6.54. The Kier molecular flexibility index (Phi) is 4.90. The summed E-state index contributed by atoms with van der Waals surface area (Å²) in [5, 5.41) is 0. The van der Waals surface area contributed by atoms with Crippen LogP contribution in [0.15, 0.2) is 51.6 Å². The molecule has 0 spiro atoms. The van der Waals surface area contributed by atoms with Crippen LogP contribution in [0.1, 0.15) is 24.8 Å². The number of benzene rings is 1. The smallest absolute Gasteiger partial charge is 0.258 e. The lowest BCUT2D eigenvalue weighted by molar-refractivity contribution is 0.361. The van der Waals surface area contributed by atoms with Crippen molar-refractivity contribution in [2.45, 2.75) is 37.1 Å². The predicted octanol–water partition coefficient (Wildman–Crippen LogP) is 4.00. The number of aryl methyl sites for hydroxylation is 1. The van der Waals surface area contributed by atoms with Gasteiger partial charge in [-0.1, -0.05) is 29.8 Å². The molecule has 1 aromatic rings. The minimum absolute atomic E-state index is 0.0318. The molecular weight excluding hydrogens is 385 g/mol. The molecule has 1 heterocycles. The lowest BCUT2D eigenvalue weighted by Crippen LogP contribution is -2.39. The summed E-state index contributed by atoms with van der Waals surface area (Å²) in [4.78, 5) is 0.349. The molecule has 1 aliphatic rings. The van der Waals surface area contributed by atoms with Crippen molar-refractivity contribution >= 4 is 32.6 Å². The van der Waals surface area contributed by atoms with Gasteiger partial charge in [-0.3, -0.25) is 4.31 Å². The highest BCUT2D eigenvalue weighted by molar-refractivity contribution is 14.1. The molecule has 2 rings (SSSR count). The second-order valence-electron chi connectivity index (χ2n) is 4.90. The lowest BCUT2D eigenvalue weighted by Gasteiger charge is -2.34. The molecule has 0 aliphatic carbocycles. The molecule has 0 fully saturated rings. The van der Waals surface area contributed by atoms with Gasteiger partial charge < -0.3 is 0 Å². The zero-order valence-corrected chi connectivity index (χ0v) is 14.4. The zero-order valence-electron chi connectivity index (χ0n) is 11.4. The molecule has 0 saturated heterocycles. The highest BCUT2D eigenvalue weighted by Crippen LogP contribution is 2.33. The van der Waals surface area contributed by atoms with Crippen LogP contribution in [-0.4, -0.2) is 18.8 Å². The average molecular weight is 403 g/mol. The first-order valence-corrected chi connectivity index (χ1v) is 9.06. The van der Waals surface area contributed by atoms with E-state index >= 15 is 0 Å². The highest BCUT2D eigenvalue weighted by atomic mass is 127. The molecule has 1 aliphatic heterocycles. The van der Waals surface area contributed by atoms with Crippen molar-refractivity contribution in [2.75, 3.05) is 0 Å². The van der Waals surface area contributed by atoms with Crippen LogP contribution in [0.2, 0.25) is 0 Å². The Bertz CT molecular complexity index is 620. The quantitative estimate of drug-likeness (QED) is 0.433. The van der Waals surface area contributed by atoms with E-state index in [1.54, 1.807) is 22.5 Å². The molecule has 0 bridgehead atoms. The summed E-state index contributed by atoms with van der Waals surface area (Å²) < 4.78 is 28.0. The van der Waals surface area contributed by atoms with E-state index in [0.717, 1.165) is 22.1 Å². The molecule has 108 valence electrons. The summed E-state index contributed by atoms with van der Waals surface area (Å²) in [5.74, 6) is 0. The summed E-state index contributed by atoms with van der Waals surface area (Å²) in [6.45, 7) is 5.68. The monoisotopic (exact) mass is 403 g/mol. The largest absolute Gasteiger partial charge is 0.264 e. The van der Waals surface area contributed by atoms with Crippen LogP contribution in [0.5, 0.6) is 0 Å². The molecule has 5 heteroatoms. The number of allylic oxidation sites excluding steroid dienone is 1. The molecule has 0 unspecified atom stereocenters. The fraction of sp³-hybridized carbons (Fsp3) is 0.333. The van der Waals surface area contributed by atoms with Gasteiger partial charge in [-0.15, -0.1) is 6.58 Å². The summed E-state index contributed by atoms with van der Waals surface area (Å²) in [6, 6.07) is 6.98. The van der Waals surface area contributed by atoms with E-state index in [2.05, 4.69) is 29.2 Å². The average Bonchev–Trinajstić information content (AvgIpc) is 2.39. The van der Waals surface area contributed by atoms with E-state index < -0.39 is 10.0 Å². The van der Waals surface area contributed by atoms with E-state index in [9.17, 15) is 8.42 Å². The third-order valence-electron chi connectivity index (χ3n) is 3.37. The number of hydrogen-bond acceptors (Lipinski definition) is 2. The Balaban J connectivity index is 2.44. The number of halogens is 1. The Hall–Kier alpha value is -0.820. The van der Waals surface area contributed by atoms with Gasteiger partial charge in [0.1, 0.15) is 0 Å². The Morgan fingerprint density at radius 3 is 2.65 bits per heavy atom. The molecular formula is C15H18INO2S. The topological polar surface area (TPSA) is 37.4 Å². The predicted molar refractivity (Wildman–Crippen MR) is 90.1 cm³/mol. The normalized spacial score (nSPS) is 19.6. The van der Waals surface area contributed by atoms with Crippen LogP contribution in [0.25, 0.3) is 0 Å². The maximum absolute atomic E-state index is 12.8. The van der Waals surface area contributed by atoms with Crippen molar-refractivity contribution in [1.82, 2.24) is 4.31 Å². The van der Waals surface area contributed by atoms with Crippen LogP contribution in [0, 0.1) is 6.92 Å². The molecule has 0 amide bonds. The van der Waals surface area contributed by atoms with Crippen molar-refractivity contribution in [1.29, 1.82) is 0 Å². The summed E-state index contributed by atoms with van der Waals surface area (Å²) >= 11 is 2.11. The number of rotatable bonds is 4. The van der Waals surface area contributed by atoms with E-state index in [-0.39, 0.29) is 6.04 Å². The van der Waals surface area contributed by atoms with E-state index in [1.165, 1.54) is 0 Å². The molecule has 0 N–H and O–H groups in total. The zero-order chi connectivity index (χ0) is 14.8. The first-order valence-electron chi connectivity index (χ1n) is 6.54. The molecule has 20 heavy (non-hydrogen) atoms. The molecule has 1 aromatic carbocycles. The second-order valence-corrected chi connectivity index (χ2v) is 7.82. The molecule has 0 aromatic heterocycles. The summed E-state index contributed by atoms with van der Waals surface area (Å²) in [7, 11) is -3.49. The molecule has 3 nitrogen and oxygen atoms in total. The maximum atomic E-state index is 12.8. The second kappa shape index (κ2) is 6.30. The summed E-state index contributed by atoms with van der Waals surface area (Å²) in [6.07, 6.45) is 6.19. The molecule has 1 atom stereocenters. The van der Waals surface area contributed by atoms with Gasteiger partial charge in [-0.25, -0.2) is 8.42 Å². The van der Waals surface area contributed by atoms with Gasteiger partial charge in [0, 0.05) is 6.04 Å². The van der Waals surface area contributed by atoms with E-state index in [1.807, 2.05) is 25.1 Å². The number of nitrogens with zero attached hydrogens (tertiary/aromatic N) is 1. The van der Waals surface area contributed by atoms with Crippen LogP contribution in [0.4, 0.5) is 0 Å². The van der Waals surface area contributed by atoms with Crippen molar-refractivity contribution in [2.24, 2.45) is 0 Å². The molecule has 0 radical (unpaired) electrons. The van der Waals surface area contributed by atoms with Crippen molar-refractivity contribution < 1.29 is 8.42 Å². The minimum atomic E-state index is -3.49. The van der Waals surface area contributed by atoms with Crippen molar-refractivity contribution in [3.05, 3.63) is 52.3 Å². The van der Waals surface area contributed by atoms with Gasteiger partial charge in [-0.05, 0) is 60.9 Å². The fourth-order valence-corrected chi connectivity index (χ4v) is 5.40. The maximum Gasteiger partial charge on any atom is 0.264 e. The van der Waals surface area contributed by atoms with Gasteiger partial charge in [-0.2, -0.15) is 0 Å². The van der Waals surface area contributed by atoms with Gasteiger partial charge in [0.15, 0.2) is 0 Å². The Morgan fingerprint density at radius 1 is 1.40 bits per heavy atom. The van der Waals surface area contributed by atoms with Crippen LogP contribution in [0.3, 0.4) is 0 Å².